The summed E-state index contributed by atoms with van der Waals surface area (Å²) in [5, 5.41) is 28.2. The number of nitrogens with zero attached hydrogens (tertiary/aromatic N) is 2. The summed E-state index contributed by atoms with van der Waals surface area (Å²) in [6, 6.07) is 7.58. The Hall–Kier alpha value is -2.64. The van der Waals surface area contributed by atoms with Gasteiger partial charge < -0.3 is 20.1 Å². The summed E-state index contributed by atoms with van der Waals surface area (Å²) >= 11 is 0. The molecule has 0 saturated carbocycles. The minimum atomic E-state index is -0.877. The highest BCUT2D eigenvalue weighted by Gasteiger charge is 2.33. The zero-order chi connectivity index (χ0) is 20.3. The van der Waals surface area contributed by atoms with Gasteiger partial charge in [-0.2, -0.15) is 5.10 Å². The zero-order valence-corrected chi connectivity index (χ0v) is 16.7. The number of aromatic nitrogens is 3. The number of H-pyrrole nitrogens is 2. The van der Waals surface area contributed by atoms with E-state index in [0.29, 0.717) is 11.0 Å². The summed E-state index contributed by atoms with van der Waals surface area (Å²) in [6.07, 6.45) is 1.39. The third-order valence-corrected chi connectivity index (χ3v) is 6.33. The van der Waals surface area contributed by atoms with E-state index >= 15 is 0 Å². The Bertz CT molecular complexity index is 1090. The van der Waals surface area contributed by atoms with E-state index in [9.17, 15) is 15.0 Å². The van der Waals surface area contributed by atoms with Gasteiger partial charge in [0.25, 0.3) is 5.91 Å². The van der Waals surface area contributed by atoms with Gasteiger partial charge in [0.05, 0.1) is 17.9 Å². The highest BCUT2D eigenvalue weighted by Crippen LogP contribution is 2.38. The molecule has 2 atom stereocenters. The molecule has 7 heteroatoms. The Labute approximate surface area is 168 Å². The first-order valence-corrected chi connectivity index (χ1v) is 10.2. The predicted octanol–water partition coefficient (Wildman–Crippen LogP) is 2.25. The lowest BCUT2D eigenvalue weighted by Gasteiger charge is -2.28. The van der Waals surface area contributed by atoms with Gasteiger partial charge in [-0.05, 0) is 48.9 Å². The quantitative estimate of drug-likeness (QED) is 0.535. The van der Waals surface area contributed by atoms with Gasteiger partial charge in [0, 0.05) is 40.8 Å². The first-order valence-electron chi connectivity index (χ1n) is 10.2. The minimum absolute atomic E-state index is 0.159. The van der Waals surface area contributed by atoms with Crippen molar-refractivity contribution in [2.24, 2.45) is 5.41 Å². The molecule has 5 rings (SSSR count). The number of aromatic amines is 2. The lowest BCUT2D eigenvalue weighted by atomic mass is 9.76. The highest BCUT2D eigenvalue weighted by atomic mass is 16.3. The molecule has 2 aliphatic rings. The van der Waals surface area contributed by atoms with Crippen molar-refractivity contribution in [3.63, 3.8) is 0 Å². The summed E-state index contributed by atoms with van der Waals surface area (Å²) in [4.78, 5) is 17.7. The van der Waals surface area contributed by atoms with E-state index in [2.05, 4.69) is 29.0 Å². The molecule has 0 radical (unpaired) electrons. The van der Waals surface area contributed by atoms with E-state index in [-0.39, 0.29) is 19.0 Å². The van der Waals surface area contributed by atoms with E-state index in [1.165, 1.54) is 16.2 Å². The van der Waals surface area contributed by atoms with Crippen LogP contribution in [0.2, 0.25) is 0 Å². The molecule has 1 aliphatic heterocycles. The lowest BCUT2D eigenvalue weighted by Crippen LogP contribution is -2.29. The smallest absolute Gasteiger partial charge is 0.254 e. The number of carbonyl (C=O) groups is 1. The Kier molecular flexibility index (Phi) is 4.08. The van der Waals surface area contributed by atoms with Crippen LogP contribution in [0.3, 0.4) is 0 Å². The summed E-state index contributed by atoms with van der Waals surface area (Å²) in [5.74, 6) is -0.176. The molecule has 0 unspecified atom stereocenters. The molecule has 29 heavy (non-hydrogen) atoms. The van der Waals surface area contributed by atoms with Crippen LogP contribution in [0.4, 0.5) is 0 Å². The van der Waals surface area contributed by atoms with Crippen LogP contribution >= 0.6 is 0 Å². The summed E-state index contributed by atoms with van der Waals surface area (Å²) in [5.41, 5.74) is 6.22. The van der Waals surface area contributed by atoms with E-state index in [1.807, 2.05) is 18.2 Å². The molecule has 152 valence electrons. The number of rotatable bonds is 2. The molecule has 1 aliphatic carbocycles. The van der Waals surface area contributed by atoms with Crippen molar-refractivity contribution < 1.29 is 15.0 Å². The fourth-order valence-corrected chi connectivity index (χ4v) is 4.58. The molecule has 3 aromatic rings. The van der Waals surface area contributed by atoms with Crippen molar-refractivity contribution in [3.05, 3.63) is 41.1 Å². The number of amides is 1. The number of carbonyl (C=O) groups excluding carboxylic acids is 1. The second kappa shape index (κ2) is 6.43. The van der Waals surface area contributed by atoms with Crippen LogP contribution in [0, 0.1) is 5.41 Å². The minimum Gasteiger partial charge on any atom is -0.388 e. The van der Waals surface area contributed by atoms with Gasteiger partial charge in [0.15, 0.2) is 0 Å². The zero-order valence-electron chi connectivity index (χ0n) is 16.7. The molecule has 7 nitrogen and oxygen atoms in total. The number of nitrogens with one attached hydrogen (secondary N) is 2. The maximum Gasteiger partial charge on any atom is 0.254 e. The van der Waals surface area contributed by atoms with Crippen molar-refractivity contribution in [1.82, 2.24) is 20.1 Å². The number of aliphatic hydroxyl groups excluding tert-OH is 2. The largest absolute Gasteiger partial charge is 0.388 e. The van der Waals surface area contributed by atoms with Crippen LogP contribution in [0.1, 0.15) is 41.9 Å². The van der Waals surface area contributed by atoms with Gasteiger partial charge in [-0.25, -0.2) is 0 Å². The normalized spacial score (nSPS) is 23.5. The summed E-state index contributed by atoms with van der Waals surface area (Å²) in [6.45, 7) is 4.89. The first kappa shape index (κ1) is 18.4. The van der Waals surface area contributed by atoms with Crippen LogP contribution in [0.25, 0.3) is 22.3 Å². The van der Waals surface area contributed by atoms with Crippen molar-refractivity contribution >= 4 is 16.8 Å². The van der Waals surface area contributed by atoms with Gasteiger partial charge in [0.2, 0.25) is 0 Å². The molecule has 0 spiro atoms. The number of fused-ring (bicyclic) bond motifs is 2. The van der Waals surface area contributed by atoms with Crippen LogP contribution in [-0.2, 0) is 12.8 Å². The molecule has 1 saturated heterocycles. The maximum atomic E-state index is 12.7. The van der Waals surface area contributed by atoms with E-state index in [4.69, 9.17) is 0 Å². The molecular formula is C22H26N4O3. The van der Waals surface area contributed by atoms with Crippen LogP contribution in [-0.4, -0.2) is 61.5 Å². The fraction of sp³-hybridized carbons (Fsp3) is 0.455. The van der Waals surface area contributed by atoms with Crippen molar-refractivity contribution in [2.75, 3.05) is 13.1 Å². The van der Waals surface area contributed by atoms with E-state index < -0.39 is 12.2 Å². The predicted molar refractivity (Wildman–Crippen MR) is 110 cm³/mol. The molecular weight excluding hydrogens is 368 g/mol. The Balaban J connectivity index is 1.45. The Morgan fingerprint density at radius 3 is 2.72 bits per heavy atom. The average molecular weight is 394 g/mol. The Morgan fingerprint density at radius 2 is 1.97 bits per heavy atom. The lowest BCUT2D eigenvalue weighted by molar-refractivity contribution is 0.0572. The third kappa shape index (κ3) is 3.14. The van der Waals surface area contributed by atoms with E-state index in [0.717, 1.165) is 41.6 Å². The van der Waals surface area contributed by atoms with Gasteiger partial charge in [0.1, 0.15) is 5.69 Å². The second-order valence-electron chi connectivity index (χ2n) is 9.20. The summed E-state index contributed by atoms with van der Waals surface area (Å²) in [7, 11) is 0. The SMILES string of the molecule is CC1(C)CCc2c(-c3cc4cc(C(=O)N5C[C@@H](O)[C@@H](O)C5)ccc4[nH]3)n[nH]c2C1. The van der Waals surface area contributed by atoms with Gasteiger partial charge in [-0.3, -0.25) is 9.89 Å². The highest BCUT2D eigenvalue weighted by molar-refractivity contribution is 5.99. The number of aliphatic hydroxyl groups is 2. The van der Waals surface area contributed by atoms with Crippen molar-refractivity contribution in [3.8, 4) is 11.4 Å². The van der Waals surface area contributed by atoms with Gasteiger partial charge in [-0.1, -0.05) is 13.8 Å². The van der Waals surface area contributed by atoms with Crippen LogP contribution in [0.5, 0.6) is 0 Å². The van der Waals surface area contributed by atoms with Gasteiger partial charge in [-0.15, -0.1) is 0 Å². The van der Waals surface area contributed by atoms with Crippen LogP contribution < -0.4 is 0 Å². The average Bonchev–Trinajstić information content (AvgIpc) is 3.36. The number of likely N-dealkylation sites (tertiary alicyclic amines) is 1. The van der Waals surface area contributed by atoms with Crippen molar-refractivity contribution in [2.45, 2.75) is 45.3 Å². The molecule has 3 heterocycles. The topological polar surface area (TPSA) is 105 Å². The second-order valence-corrected chi connectivity index (χ2v) is 9.20. The molecule has 1 aromatic carbocycles. The fourth-order valence-electron chi connectivity index (χ4n) is 4.58. The third-order valence-electron chi connectivity index (χ3n) is 6.33. The van der Waals surface area contributed by atoms with E-state index in [1.54, 1.807) is 6.07 Å². The van der Waals surface area contributed by atoms with Gasteiger partial charge >= 0.3 is 0 Å². The standard InChI is InChI=1S/C22H26N4O3/c1-22(2)6-5-14-17(9-22)24-25-20(14)16-8-13-7-12(3-4-15(13)23-16)21(29)26-10-18(27)19(28)11-26/h3-4,7-8,18-19,23,27-28H,5-6,9-11H2,1-2H3,(H,24,25)/t18-,19+. The monoisotopic (exact) mass is 394 g/mol. The molecule has 0 bridgehead atoms. The molecule has 1 amide bonds. The molecule has 2 aromatic heterocycles. The number of hydrogen-bond donors (Lipinski definition) is 4. The maximum absolute atomic E-state index is 12.7. The summed E-state index contributed by atoms with van der Waals surface area (Å²) < 4.78 is 0. The molecule has 1 fully saturated rings. The number of benzene rings is 1. The van der Waals surface area contributed by atoms with Crippen LogP contribution in [0.15, 0.2) is 24.3 Å². The van der Waals surface area contributed by atoms with Crippen molar-refractivity contribution in [1.29, 1.82) is 0 Å². The number of hydrogen-bond acceptors (Lipinski definition) is 4. The Morgan fingerprint density at radius 1 is 1.21 bits per heavy atom. The molecule has 4 N–H and O–H groups in total. The number of β-amino-alcohol motifs (C(OH)–C–C–N with tert-alkyl or cyclic N) is 2. The first-order chi connectivity index (χ1) is 13.8.